The SMILES string of the molecule is CCOC(=O)C(C)(C)Sc1ncnc2sc3c(c12)CCC(C(C)(C)C)C3. The number of carbonyl (C=O) groups excluding carboxylic acids is 1. The number of esters is 1. The Kier molecular flexibility index (Phi) is 5.37. The normalized spacial score (nSPS) is 18.0. The van der Waals surface area contributed by atoms with Crippen molar-refractivity contribution in [2.24, 2.45) is 11.3 Å². The van der Waals surface area contributed by atoms with Gasteiger partial charge in [-0.2, -0.15) is 0 Å². The molecule has 4 nitrogen and oxygen atoms in total. The molecule has 6 heteroatoms. The van der Waals surface area contributed by atoms with Crippen LogP contribution in [0, 0.1) is 11.3 Å². The third-order valence-electron chi connectivity index (χ3n) is 5.15. The molecule has 2 heterocycles. The average Bonchev–Trinajstić information content (AvgIpc) is 2.92. The summed E-state index contributed by atoms with van der Waals surface area (Å²) >= 11 is 3.29. The molecule has 1 atom stereocenters. The molecule has 1 unspecified atom stereocenters. The van der Waals surface area contributed by atoms with Crippen LogP contribution in [0.25, 0.3) is 10.2 Å². The van der Waals surface area contributed by atoms with Gasteiger partial charge in [0.1, 0.15) is 20.9 Å². The predicted octanol–water partition coefficient (Wildman–Crippen LogP) is 5.28. The van der Waals surface area contributed by atoms with Gasteiger partial charge in [0.05, 0.1) is 6.61 Å². The smallest absolute Gasteiger partial charge is 0.322 e. The number of rotatable bonds is 4. The number of carbonyl (C=O) groups is 1. The molecule has 0 saturated heterocycles. The summed E-state index contributed by atoms with van der Waals surface area (Å²) in [5.41, 5.74) is 1.72. The zero-order valence-corrected chi connectivity index (χ0v) is 18.1. The molecule has 0 spiro atoms. The summed E-state index contributed by atoms with van der Waals surface area (Å²) in [6.07, 6.45) is 5.00. The lowest BCUT2D eigenvalue weighted by atomic mass is 9.72. The molecule has 142 valence electrons. The van der Waals surface area contributed by atoms with Gasteiger partial charge in [-0.15, -0.1) is 11.3 Å². The van der Waals surface area contributed by atoms with Crippen LogP contribution in [-0.2, 0) is 22.4 Å². The Morgan fingerprint density at radius 3 is 2.69 bits per heavy atom. The molecule has 0 aliphatic heterocycles. The first-order valence-electron chi connectivity index (χ1n) is 9.25. The first-order valence-corrected chi connectivity index (χ1v) is 10.9. The average molecular weight is 393 g/mol. The number of aromatic nitrogens is 2. The van der Waals surface area contributed by atoms with Crippen LogP contribution in [-0.4, -0.2) is 27.3 Å². The molecule has 0 aromatic carbocycles. The maximum absolute atomic E-state index is 12.3. The van der Waals surface area contributed by atoms with Gasteiger partial charge in [-0.05, 0) is 56.9 Å². The molecule has 0 N–H and O–H groups in total. The van der Waals surface area contributed by atoms with Crippen molar-refractivity contribution >= 4 is 39.3 Å². The van der Waals surface area contributed by atoms with E-state index in [0.717, 1.165) is 28.1 Å². The molecule has 2 aromatic rings. The van der Waals surface area contributed by atoms with Gasteiger partial charge in [-0.3, -0.25) is 4.79 Å². The Bertz CT molecular complexity index is 821. The monoisotopic (exact) mass is 392 g/mol. The molecule has 0 amide bonds. The highest BCUT2D eigenvalue weighted by atomic mass is 32.2. The van der Waals surface area contributed by atoms with Gasteiger partial charge in [-0.25, -0.2) is 9.97 Å². The summed E-state index contributed by atoms with van der Waals surface area (Å²) in [6.45, 7) is 13.0. The van der Waals surface area contributed by atoms with Crippen molar-refractivity contribution in [2.45, 2.75) is 70.6 Å². The minimum Gasteiger partial charge on any atom is -0.465 e. The highest BCUT2D eigenvalue weighted by Gasteiger charge is 2.35. The highest BCUT2D eigenvalue weighted by Crippen LogP contribution is 2.46. The second-order valence-electron chi connectivity index (χ2n) is 8.50. The zero-order valence-electron chi connectivity index (χ0n) is 16.5. The van der Waals surface area contributed by atoms with E-state index in [1.54, 1.807) is 17.7 Å². The van der Waals surface area contributed by atoms with Crippen LogP contribution >= 0.6 is 23.1 Å². The van der Waals surface area contributed by atoms with Crippen LogP contribution in [0.2, 0.25) is 0 Å². The van der Waals surface area contributed by atoms with Gasteiger partial charge in [-0.1, -0.05) is 32.5 Å². The van der Waals surface area contributed by atoms with Crippen molar-refractivity contribution in [1.82, 2.24) is 9.97 Å². The molecule has 0 bridgehead atoms. The van der Waals surface area contributed by atoms with E-state index >= 15 is 0 Å². The van der Waals surface area contributed by atoms with E-state index in [4.69, 9.17) is 4.74 Å². The van der Waals surface area contributed by atoms with Crippen molar-refractivity contribution in [3.05, 3.63) is 16.8 Å². The fourth-order valence-corrected chi connectivity index (χ4v) is 5.87. The van der Waals surface area contributed by atoms with Crippen molar-refractivity contribution in [3.63, 3.8) is 0 Å². The lowest BCUT2D eigenvalue weighted by Gasteiger charge is -2.33. The maximum atomic E-state index is 12.3. The maximum Gasteiger partial charge on any atom is 0.322 e. The summed E-state index contributed by atoms with van der Waals surface area (Å²) in [6, 6.07) is 0. The minimum absolute atomic E-state index is 0.200. The first kappa shape index (κ1) is 19.6. The van der Waals surface area contributed by atoms with Gasteiger partial charge in [0.2, 0.25) is 0 Å². The number of ether oxygens (including phenoxy) is 1. The molecule has 0 saturated carbocycles. The van der Waals surface area contributed by atoms with E-state index in [2.05, 4.69) is 30.7 Å². The molecular formula is C20H28N2O2S2. The lowest BCUT2D eigenvalue weighted by molar-refractivity contribution is -0.145. The zero-order chi connectivity index (χ0) is 19.1. The largest absolute Gasteiger partial charge is 0.465 e. The Morgan fingerprint density at radius 2 is 2.04 bits per heavy atom. The van der Waals surface area contributed by atoms with Crippen LogP contribution in [0.4, 0.5) is 0 Å². The van der Waals surface area contributed by atoms with Gasteiger partial charge in [0.15, 0.2) is 0 Å². The van der Waals surface area contributed by atoms with Crippen LogP contribution < -0.4 is 0 Å². The summed E-state index contributed by atoms with van der Waals surface area (Å²) < 4.78 is 4.56. The summed E-state index contributed by atoms with van der Waals surface area (Å²) in [5.74, 6) is 0.497. The van der Waals surface area contributed by atoms with Gasteiger partial charge >= 0.3 is 5.97 Å². The molecule has 26 heavy (non-hydrogen) atoms. The van der Waals surface area contributed by atoms with E-state index in [1.165, 1.54) is 28.6 Å². The quantitative estimate of drug-likeness (QED) is 0.403. The second kappa shape index (κ2) is 7.12. The van der Waals surface area contributed by atoms with Crippen molar-refractivity contribution in [2.75, 3.05) is 6.61 Å². The standard InChI is InChI=1S/C20H28N2O2S2/c1-7-24-18(23)20(5,6)26-17-15-13-9-8-12(19(2,3)4)10-14(13)25-16(15)21-11-22-17/h11-12H,7-10H2,1-6H3. The Balaban J connectivity index is 1.97. The number of thioether (sulfide) groups is 1. The third kappa shape index (κ3) is 3.77. The van der Waals surface area contributed by atoms with Crippen molar-refractivity contribution in [3.8, 4) is 0 Å². The Labute approximate surface area is 164 Å². The Hall–Kier alpha value is -1.14. The minimum atomic E-state index is -0.672. The topological polar surface area (TPSA) is 52.1 Å². The fourth-order valence-electron chi connectivity index (χ4n) is 3.49. The second-order valence-corrected chi connectivity index (χ2v) is 11.2. The molecule has 0 fully saturated rings. The molecule has 3 rings (SSSR count). The van der Waals surface area contributed by atoms with E-state index in [0.29, 0.717) is 17.9 Å². The van der Waals surface area contributed by atoms with Crippen LogP contribution in [0.5, 0.6) is 0 Å². The molecule has 1 aliphatic carbocycles. The van der Waals surface area contributed by atoms with Gasteiger partial charge in [0.25, 0.3) is 0 Å². The molecule has 1 aliphatic rings. The fraction of sp³-hybridized carbons (Fsp3) is 0.650. The number of hydrogen-bond donors (Lipinski definition) is 0. The van der Waals surface area contributed by atoms with Crippen LogP contribution in [0.15, 0.2) is 11.4 Å². The lowest BCUT2D eigenvalue weighted by Crippen LogP contribution is -2.30. The number of thiophene rings is 1. The van der Waals surface area contributed by atoms with Crippen LogP contribution in [0.1, 0.15) is 58.4 Å². The summed E-state index contributed by atoms with van der Waals surface area (Å²) in [4.78, 5) is 23.8. The number of fused-ring (bicyclic) bond motifs is 3. The van der Waals surface area contributed by atoms with Crippen LogP contribution in [0.3, 0.4) is 0 Å². The van der Waals surface area contributed by atoms with Gasteiger partial charge in [0, 0.05) is 10.3 Å². The van der Waals surface area contributed by atoms with E-state index in [1.807, 2.05) is 20.8 Å². The Morgan fingerprint density at radius 1 is 1.31 bits per heavy atom. The number of aryl methyl sites for hydroxylation is 1. The highest BCUT2D eigenvalue weighted by molar-refractivity contribution is 8.01. The first-order chi connectivity index (χ1) is 12.1. The molecule has 2 aromatic heterocycles. The predicted molar refractivity (Wildman–Crippen MR) is 109 cm³/mol. The molecule has 0 radical (unpaired) electrons. The van der Waals surface area contributed by atoms with Crippen molar-refractivity contribution in [1.29, 1.82) is 0 Å². The third-order valence-corrected chi connectivity index (χ3v) is 7.50. The summed E-state index contributed by atoms with van der Waals surface area (Å²) in [7, 11) is 0. The number of nitrogens with zero attached hydrogens (tertiary/aromatic N) is 2. The summed E-state index contributed by atoms with van der Waals surface area (Å²) in [5, 5.41) is 2.06. The number of hydrogen-bond acceptors (Lipinski definition) is 6. The van der Waals surface area contributed by atoms with E-state index in [9.17, 15) is 4.79 Å². The van der Waals surface area contributed by atoms with Gasteiger partial charge < -0.3 is 4.74 Å². The molecular weight excluding hydrogens is 364 g/mol. The van der Waals surface area contributed by atoms with E-state index < -0.39 is 4.75 Å². The van der Waals surface area contributed by atoms with Crippen molar-refractivity contribution < 1.29 is 9.53 Å². The van der Waals surface area contributed by atoms with E-state index in [-0.39, 0.29) is 5.97 Å².